The first-order chi connectivity index (χ1) is 15.0. The zero-order chi connectivity index (χ0) is 22.0. The molecule has 1 aromatic heterocycles. The van der Waals surface area contributed by atoms with Crippen LogP contribution in [0.2, 0.25) is 0 Å². The summed E-state index contributed by atoms with van der Waals surface area (Å²) in [7, 11) is 0. The number of thiophene rings is 1. The first-order valence-corrected chi connectivity index (χ1v) is 10.8. The summed E-state index contributed by atoms with van der Waals surface area (Å²) in [4.78, 5) is 38.0. The molecule has 0 saturated heterocycles. The number of amides is 1. The highest BCUT2D eigenvalue weighted by Crippen LogP contribution is 2.36. The van der Waals surface area contributed by atoms with E-state index < -0.39 is 23.9 Å². The third-order valence-electron chi connectivity index (χ3n) is 5.02. The summed E-state index contributed by atoms with van der Waals surface area (Å²) >= 11 is 1.23. The Labute approximate surface area is 183 Å². The van der Waals surface area contributed by atoms with Crippen molar-refractivity contribution in [1.82, 2.24) is 0 Å². The Morgan fingerprint density at radius 2 is 1.94 bits per heavy atom. The Morgan fingerprint density at radius 3 is 2.68 bits per heavy atom. The van der Waals surface area contributed by atoms with Crippen molar-refractivity contribution in [2.75, 3.05) is 11.9 Å². The molecule has 158 valence electrons. The molecule has 7 heteroatoms. The van der Waals surface area contributed by atoms with Gasteiger partial charge in [-0.05, 0) is 31.0 Å². The van der Waals surface area contributed by atoms with Crippen molar-refractivity contribution >= 4 is 34.2 Å². The van der Waals surface area contributed by atoms with Crippen LogP contribution in [0.3, 0.4) is 0 Å². The van der Waals surface area contributed by atoms with Crippen LogP contribution in [0.4, 0.5) is 5.00 Å². The lowest BCUT2D eigenvalue weighted by molar-refractivity contribution is -0.125. The number of carbonyl (C=O) groups is 3. The maximum Gasteiger partial charge on any atom is 0.341 e. The summed E-state index contributed by atoms with van der Waals surface area (Å²) in [6.45, 7) is 3.84. The van der Waals surface area contributed by atoms with Crippen LogP contribution >= 0.6 is 11.3 Å². The number of benzene rings is 2. The number of hydrogen-bond acceptors (Lipinski definition) is 6. The number of aryl methyl sites for hydroxylation is 1. The van der Waals surface area contributed by atoms with E-state index >= 15 is 0 Å². The fourth-order valence-corrected chi connectivity index (χ4v) is 4.48. The summed E-state index contributed by atoms with van der Waals surface area (Å²) in [6, 6.07) is 14.9. The number of rotatable bonds is 5. The van der Waals surface area contributed by atoms with Crippen molar-refractivity contribution in [3.8, 4) is 11.1 Å². The van der Waals surface area contributed by atoms with Gasteiger partial charge in [0.05, 0.1) is 12.2 Å². The molecule has 3 aromatic rings. The summed E-state index contributed by atoms with van der Waals surface area (Å²) < 4.78 is 10.6. The Bertz CT molecular complexity index is 1150. The molecule has 0 saturated carbocycles. The largest absolute Gasteiger partial charge is 0.462 e. The minimum absolute atomic E-state index is 0.215. The van der Waals surface area contributed by atoms with Gasteiger partial charge in [-0.1, -0.05) is 48.0 Å². The third kappa shape index (κ3) is 4.22. The predicted octanol–water partition coefficient (Wildman–Crippen LogP) is 4.62. The summed E-state index contributed by atoms with van der Waals surface area (Å²) in [5.74, 6) is -1.52. The van der Waals surface area contributed by atoms with Gasteiger partial charge in [-0.25, -0.2) is 9.59 Å². The van der Waals surface area contributed by atoms with Gasteiger partial charge in [-0.2, -0.15) is 0 Å². The molecule has 0 unspecified atom stereocenters. The van der Waals surface area contributed by atoms with Crippen molar-refractivity contribution in [1.29, 1.82) is 0 Å². The SMILES string of the molecule is CCOC(=O)c1c(-c2ccccc2)csc1NC(=O)[C@H]1Cc2ccc(C)cc2C(=O)O1. The quantitative estimate of drug-likeness (QED) is 0.592. The molecule has 0 spiro atoms. The lowest BCUT2D eigenvalue weighted by Gasteiger charge is -2.24. The van der Waals surface area contributed by atoms with E-state index in [1.807, 2.05) is 54.8 Å². The number of esters is 2. The molecule has 31 heavy (non-hydrogen) atoms. The number of ether oxygens (including phenoxy) is 2. The van der Waals surface area contributed by atoms with Crippen LogP contribution in [0.15, 0.2) is 53.9 Å². The topological polar surface area (TPSA) is 81.7 Å². The molecule has 1 aliphatic heterocycles. The van der Waals surface area contributed by atoms with Crippen molar-refractivity contribution in [2.24, 2.45) is 0 Å². The normalized spacial score (nSPS) is 15.0. The molecule has 4 rings (SSSR count). The van der Waals surface area contributed by atoms with Crippen LogP contribution in [0.1, 0.15) is 38.8 Å². The second kappa shape index (κ2) is 8.73. The van der Waals surface area contributed by atoms with E-state index in [9.17, 15) is 14.4 Å². The molecule has 0 radical (unpaired) electrons. The number of cyclic esters (lactones) is 1. The summed E-state index contributed by atoms with van der Waals surface area (Å²) in [6.07, 6.45) is -0.696. The molecule has 1 aliphatic rings. The molecule has 0 bridgehead atoms. The zero-order valence-electron chi connectivity index (χ0n) is 17.1. The van der Waals surface area contributed by atoms with E-state index in [0.717, 1.165) is 16.7 Å². The lowest BCUT2D eigenvalue weighted by Crippen LogP contribution is -2.38. The molecule has 2 heterocycles. The molecular formula is C24H21NO5S. The van der Waals surface area contributed by atoms with Crippen LogP contribution < -0.4 is 5.32 Å². The van der Waals surface area contributed by atoms with E-state index in [0.29, 0.717) is 21.7 Å². The van der Waals surface area contributed by atoms with Gasteiger partial charge in [-0.3, -0.25) is 4.79 Å². The lowest BCUT2D eigenvalue weighted by atomic mass is 9.96. The molecule has 1 N–H and O–H groups in total. The molecular weight excluding hydrogens is 414 g/mol. The fourth-order valence-electron chi connectivity index (χ4n) is 3.52. The van der Waals surface area contributed by atoms with E-state index in [4.69, 9.17) is 9.47 Å². The smallest absolute Gasteiger partial charge is 0.341 e. The highest BCUT2D eigenvalue weighted by Gasteiger charge is 2.33. The van der Waals surface area contributed by atoms with Crippen LogP contribution in [0, 0.1) is 6.92 Å². The molecule has 2 aromatic carbocycles. The molecule has 0 aliphatic carbocycles. The van der Waals surface area contributed by atoms with Gasteiger partial charge >= 0.3 is 11.9 Å². The second-order valence-electron chi connectivity index (χ2n) is 7.19. The molecule has 0 fully saturated rings. The van der Waals surface area contributed by atoms with Gasteiger partial charge < -0.3 is 14.8 Å². The van der Waals surface area contributed by atoms with Crippen LogP contribution in [0.5, 0.6) is 0 Å². The van der Waals surface area contributed by atoms with E-state index in [1.165, 1.54) is 11.3 Å². The standard InChI is InChI=1S/C24H21NO5S/c1-3-29-24(28)20-18(15-7-5-4-6-8-15)13-31-22(20)25-21(26)19-12-16-10-9-14(2)11-17(16)23(27)30-19/h4-11,13,19H,3,12H2,1-2H3,(H,25,26)/t19-/m1/s1. The minimum atomic E-state index is -0.972. The van der Waals surface area contributed by atoms with Crippen molar-refractivity contribution in [2.45, 2.75) is 26.4 Å². The number of fused-ring (bicyclic) bond motifs is 1. The fraction of sp³-hybridized carbons (Fsp3) is 0.208. The van der Waals surface area contributed by atoms with Crippen LogP contribution in [-0.4, -0.2) is 30.6 Å². The van der Waals surface area contributed by atoms with Gasteiger partial charge in [0, 0.05) is 17.4 Å². The average Bonchev–Trinajstić information content (AvgIpc) is 3.18. The van der Waals surface area contributed by atoms with Crippen LogP contribution in [0.25, 0.3) is 11.1 Å². The first kappa shape index (κ1) is 20.8. The van der Waals surface area contributed by atoms with Gasteiger partial charge in [0.1, 0.15) is 10.6 Å². The van der Waals surface area contributed by atoms with Gasteiger partial charge in [0.15, 0.2) is 6.10 Å². The summed E-state index contributed by atoms with van der Waals surface area (Å²) in [5.41, 5.74) is 4.02. The first-order valence-electron chi connectivity index (χ1n) is 9.93. The summed E-state index contributed by atoms with van der Waals surface area (Å²) in [5, 5.41) is 4.95. The highest BCUT2D eigenvalue weighted by molar-refractivity contribution is 7.15. The monoisotopic (exact) mass is 435 g/mol. The van der Waals surface area contributed by atoms with Crippen molar-refractivity contribution < 1.29 is 23.9 Å². The zero-order valence-corrected chi connectivity index (χ0v) is 18.0. The van der Waals surface area contributed by atoms with Crippen molar-refractivity contribution in [3.63, 3.8) is 0 Å². The van der Waals surface area contributed by atoms with Crippen molar-refractivity contribution in [3.05, 3.63) is 76.2 Å². The highest BCUT2D eigenvalue weighted by atomic mass is 32.1. The molecule has 6 nitrogen and oxygen atoms in total. The molecule has 1 amide bonds. The Balaban J connectivity index is 1.61. The molecule has 1 atom stereocenters. The third-order valence-corrected chi connectivity index (χ3v) is 5.92. The number of carbonyl (C=O) groups excluding carboxylic acids is 3. The predicted molar refractivity (Wildman–Crippen MR) is 118 cm³/mol. The Kier molecular flexibility index (Phi) is 5.86. The maximum atomic E-state index is 12.9. The van der Waals surface area contributed by atoms with Gasteiger partial charge in [0.25, 0.3) is 5.91 Å². The maximum absolute atomic E-state index is 12.9. The Hall–Kier alpha value is -3.45. The van der Waals surface area contributed by atoms with Gasteiger partial charge in [0.2, 0.25) is 0 Å². The van der Waals surface area contributed by atoms with E-state index in [-0.39, 0.29) is 13.0 Å². The number of hydrogen-bond donors (Lipinski definition) is 1. The van der Waals surface area contributed by atoms with Gasteiger partial charge in [-0.15, -0.1) is 11.3 Å². The minimum Gasteiger partial charge on any atom is -0.462 e. The van der Waals surface area contributed by atoms with E-state index in [1.54, 1.807) is 13.0 Å². The Morgan fingerprint density at radius 1 is 1.16 bits per heavy atom. The van der Waals surface area contributed by atoms with E-state index in [2.05, 4.69) is 5.32 Å². The van der Waals surface area contributed by atoms with Crippen LogP contribution in [-0.2, 0) is 20.7 Å². The average molecular weight is 436 g/mol. The number of nitrogens with one attached hydrogen (secondary N) is 1. The second-order valence-corrected chi connectivity index (χ2v) is 8.07. The number of anilines is 1.